The average molecular weight is 223 g/mol. The standard InChI is InChI=1S/C10H11ClN4/c11-8-3-1-7(2-4-8)5-9(12)10-13-6-14-15-10/h1-4,6,9H,5,12H2,(H,13,14,15). The minimum Gasteiger partial charge on any atom is -0.321 e. The Hall–Kier alpha value is -1.39. The number of halogens is 1. The van der Waals surface area contributed by atoms with Gasteiger partial charge in [-0.2, -0.15) is 5.10 Å². The first-order valence-corrected chi connectivity index (χ1v) is 4.99. The van der Waals surface area contributed by atoms with Crippen LogP contribution >= 0.6 is 11.6 Å². The molecular weight excluding hydrogens is 212 g/mol. The number of hydrogen-bond donors (Lipinski definition) is 2. The molecule has 2 aromatic rings. The van der Waals surface area contributed by atoms with E-state index in [1.807, 2.05) is 24.3 Å². The van der Waals surface area contributed by atoms with Crippen molar-refractivity contribution in [3.8, 4) is 0 Å². The Morgan fingerprint density at radius 1 is 1.33 bits per heavy atom. The second kappa shape index (κ2) is 4.42. The van der Waals surface area contributed by atoms with E-state index in [9.17, 15) is 0 Å². The van der Waals surface area contributed by atoms with Gasteiger partial charge in [-0.3, -0.25) is 5.10 Å². The Bertz CT molecular complexity index is 409. The molecule has 3 N–H and O–H groups in total. The van der Waals surface area contributed by atoms with E-state index in [1.54, 1.807) is 0 Å². The van der Waals surface area contributed by atoms with Crippen LogP contribution in [0.4, 0.5) is 0 Å². The van der Waals surface area contributed by atoms with Crippen LogP contribution in [0.2, 0.25) is 5.02 Å². The minimum atomic E-state index is -0.159. The number of aromatic amines is 1. The third kappa shape index (κ3) is 2.55. The van der Waals surface area contributed by atoms with E-state index in [2.05, 4.69) is 15.2 Å². The number of H-pyrrole nitrogens is 1. The summed E-state index contributed by atoms with van der Waals surface area (Å²) in [7, 11) is 0. The largest absolute Gasteiger partial charge is 0.321 e. The number of rotatable bonds is 3. The van der Waals surface area contributed by atoms with Crippen molar-refractivity contribution in [1.29, 1.82) is 0 Å². The molecule has 1 atom stereocenters. The van der Waals surface area contributed by atoms with Crippen LogP contribution in [0.5, 0.6) is 0 Å². The Kier molecular flexibility index (Phi) is 2.99. The molecule has 1 aromatic carbocycles. The molecule has 0 saturated heterocycles. The second-order valence-corrected chi connectivity index (χ2v) is 3.74. The van der Waals surface area contributed by atoms with Crippen molar-refractivity contribution in [2.75, 3.05) is 0 Å². The van der Waals surface area contributed by atoms with Crippen molar-refractivity contribution >= 4 is 11.6 Å². The van der Waals surface area contributed by atoms with Crippen LogP contribution < -0.4 is 5.73 Å². The van der Waals surface area contributed by atoms with Crippen molar-refractivity contribution in [1.82, 2.24) is 15.2 Å². The fourth-order valence-electron chi connectivity index (χ4n) is 1.36. The fraction of sp³-hybridized carbons (Fsp3) is 0.200. The molecule has 0 aliphatic rings. The van der Waals surface area contributed by atoms with E-state index in [-0.39, 0.29) is 6.04 Å². The van der Waals surface area contributed by atoms with Crippen LogP contribution in [0.3, 0.4) is 0 Å². The van der Waals surface area contributed by atoms with E-state index in [1.165, 1.54) is 6.33 Å². The number of nitrogens with zero attached hydrogens (tertiary/aromatic N) is 2. The van der Waals surface area contributed by atoms with Gasteiger partial charge < -0.3 is 5.73 Å². The predicted molar refractivity (Wildman–Crippen MR) is 58.5 cm³/mol. The van der Waals surface area contributed by atoms with Crippen molar-refractivity contribution in [3.05, 3.63) is 47.0 Å². The minimum absolute atomic E-state index is 0.159. The van der Waals surface area contributed by atoms with Gasteiger partial charge in [-0.05, 0) is 24.1 Å². The van der Waals surface area contributed by atoms with E-state index < -0.39 is 0 Å². The van der Waals surface area contributed by atoms with Gasteiger partial charge in [0.05, 0.1) is 6.04 Å². The zero-order valence-electron chi connectivity index (χ0n) is 8.02. The molecule has 4 nitrogen and oxygen atoms in total. The summed E-state index contributed by atoms with van der Waals surface area (Å²) in [6.45, 7) is 0. The topological polar surface area (TPSA) is 67.6 Å². The molecule has 1 heterocycles. The maximum Gasteiger partial charge on any atom is 0.141 e. The molecule has 0 radical (unpaired) electrons. The van der Waals surface area contributed by atoms with E-state index >= 15 is 0 Å². The number of benzene rings is 1. The van der Waals surface area contributed by atoms with Crippen LogP contribution in [-0.4, -0.2) is 15.2 Å². The van der Waals surface area contributed by atoms with Gasteiger partial charge in [-0.15, -0.1) is 0 Å². The summed E-state index contributed by atoms with van der Waals surface area (Å²) >= 11 is 5.79. The van der Waals surface area contributed by atoms with Crippen LogP contribution in [0.25, 0.3) is 0 Å². The van der Waals surface area contributed by atoms with E-state index in [4.69, 9.17) is 17.3 Å². The first-order chi connectivity index (χ1) is 7.25. The lowest BCUT2D eigenvalue weighted by Crippen LogP contribution is -2.14. The molecular formula is C10H11ClN4. The third-order valence-electron chi connectivity index (χ3n) is 2.15. The number of nitrogens with two attached hydrogens (primary N) is 1. The number of hydrogen-bond acceptors (Lipinski definition) is 3. The van der Waals surface area contributed by atoms with Crippen molar-refractivity contribution in [3.63, 3.8) is 0 Å². The first-order valence-electron chi connectivity index (χ1n) is 4.61. The third-order valence-corrected chi connectivity index (χ3v) is 2.41. The Morgan fingerprint density at radius 3 is 2.67 bits per heavy atom. The molecule has 1 aromatic heterocycles. The van der Waals surface area contributed by atoms with Gasteiger partial charge >= 0.3 is 0 Å². The molecule has 1 unspecified atom stereocenters. The summed E-state index contributed by atoms with van der Waals surface area (Å²) < 4.78 is 0. The van der Waals surface area contributed by atoms with Crippen LogP contribution in [0.1, 0.15) is 17.4 Å². The summed E-state index contributed by atoms with van der Waals surface area (Å²) in [5, 5.41) is 7.25. The summed E-state index contributed by atoms with van der Waals surface area (Å²) in [5.41, 5.74) is 7.07. The van der Waals surface area contributed by atoms with Crippen LogP contribution in [0, 0.1) is 0 Å². The van der Waals surface area contributed by atoms with Crippen molar-refractivity contribution in [2.24, 2.45) is 5.73 Å². The van der Waals surface area contributed by atoms with Gasteiger partial charge in [0.15, 0.2) is 0 Å². The molecule has 5 heteroatoms. The molecule has 0 amide bonds. The highest BCUT2D eigenvalue weighted by molar-refractivity contribution is 6.30. The Balaban J connectivity index is 2.06. The Morgan fingerprint density at radius 2 is 2.07 bits per heavy atom. The van der Waals surface area contributed by atoms with E-state index in [0.29, 0.717) is 12.2 Å². The molecule has 78 valence electrons. The SMILES string of the molecule is NC(Cc1ccc(Cl)cc1)c1ncn[nH]1. The van der Waals surface area contributed by atoms with Crippen LogP contribution in [0.15, 0.2) is 30.6 Å². The van der Waals surface area contributed by atoms with Gasteiger partial charge in [-0.1, -0.05) is 23.7 Å². The van der Waals surface area contributed by atoms with Crippen molar-refractivity contribution < 1.29 is 0 Å². The quantitative estimate of drug-likeness (QED) is 0.831. The van der Waals surface area contributed by atoms with Crippen molar-refractivity contribution in [2.45, 2.75) is 12.5 Å². The second-order valence-electron chi connectivity index (χ2n) is 3.31. The summed E-state index contributed by atoms with van der Waals surface area (Å²) in [6.07, 6.45) is 2.17. The summed E-state index contributed by atoms with van der Waals surface area (Å²) in [4.78, 5) is 4.01. The molecule has 0 bridgehead atoms. The normalized spacial score (nSPS) is 12.7. The highest BCUT2D eigenvalue weighted by Gasteiger charge is 2.09. The summed E-state index contributed by atoms with van der Waals surface area (Å²) in [6, 6.07) is 7.46. The van der Waals surface area contributed by atoms with Gasteiger partial charge in [0, 0.05) is 5.02 Å². The molecule has 0 aliphatic heterocycles. The zero-order chi connectivity index (χ0) is 10.7. The number of nitrogens with one attached hydrogen (secondary N) is 1. The molecule has 2 rings (SSSR count). The molecule has 0 fully saturated rings. The lowest BCUT2D eigenvalue weighted by molar-refractivity contribution is 0.671. The summed E-state index contributed by atoms with van der Waals surface area (Å²) in [5.74, 6) is 0.699. The lowest BCUT2D eigenvalue weighted by atomic mass is 10.1. The molecule has 0 spiro atoms. The molecule has 0 aliphatic carbocycles. The monoisotopic (exact) mass is 222 g/mol. The number of aromatic nitrogens is 3. The van der Waals surface area contributed by atoms with Crippen LogP contribution in [-0.2, 0) is 6.42 Å². The fourth-order valence-corrected chi connectivity index (χ4v) is 1.49. The highest BCUT2D eigenvalue weighted by atomic mass is 35.5. The molecule has 15 heavy (non-hydrogen) atoms. The zero-order valence-corrected chi connectivity index (χ0v) is 8.78. The lowest BCUT2D eigenvalue weighted by Gasteiger charge is -2.07. The highest BCUT2D eigenvalue weighted by Crippen LogP contribution is 2.14. The maximum absolute atomic E-state index is 5.94. The van der Waals surface area contributed by atoms with Gasteiger partial charge in [0.25, 0.3) is 0 Å². The first kappa shape index (κ1) is 10.1. The maximum atomic E-state index is 5.94. The van der Waals surface area contributed by atoms with Gasteiger partial charge in [-0.25, -0.2) is 4.98 Å². The van der Waals surface area contributed by atoms with Gasteiger partial charge in [0.2, 0.25) is 0 Å². The predicted octanol–water partition coefficient (Wildman–Crippen LogP) is 1.70. The smallest absolute Gasteiger partial charge is 0.141 e. The van der Waals surface area contributed by atoms with Gasteiger partial charge in [0.1, 0.15) is 12.2 Å². The van der Waals surface area contributed by atoms with E-state index in [0.717, 1.165) is 10.6 Å². The Labute approximate surface area is 92.5 Å². The molecule has 0 saturated carbocycles. The average Bonchev–Trinajstić information content (AvgIpc) is 2.74.